The molecule has 20 rings (SSSR count). The molecule has 20 aromatic rings. The highest BCUT2D eigenvalue weighted by atomic mass is 32.1. The number of para-hydroxylation sites is 5. The first kappa shape index (κ1) is 53.4. The average molecular weight is 1230 g/mol. The third kappa shape index (κ3) is 8.26. The van der Waals surface area contributed by atoms with Crippen molar-refractivity contribution in [3.63, 3.8) is 0 Å². The van der Waals surface area contributed by atoms with Crippen LogP contribution in [0.25, 0.3) is 168 Å². The largest absolute Gasteiger partial charge is 0.310 e. The van der Waals surface area contributed by atoms with Crippen molar-refractivity contribution in [3.05, 3.63) is 340 Å². The zero-order chi connectivity index (χ0) is 62.2. The van der Waals surface area contributed by atoms with Crippen LogP contribution in [-0.4, -0.2) is 13.7 Å². The second-order valence-electron chi connectivity index (χ2n) is 25.1. The SMILES string of the molecule is c1ccc2c(c1)sc1c(-c3cc(-c4ccc5c6ccccc6c6ccccc6c5c4)cc(-c4cccc5c4c4ccccc4n5-c4ccc(N(c5ccc(-n6c7ccccc7c7ccccc76)cc5)c5ccc(-n6c7ccccc7c7ccccc76)cc5)cc4)c3)cccc12. The maximum Gasteiger partial charge on any atom is 0.0547 e. The molecule has 0 fully saturated rings. The second kappa shape index (κ2) is 21.1. The van der Waals surface area contributed by atoms with Crippen molar-refractivity contribution in [3.8, 4) is 50.4 Å². The molecule has 0 aliphatic carbocycles. The highest BCUT2D eigenvalue weighted by Crippen LogP contribution is 2.47. The van der Waals surface area contributed by atoms with Crippen LogP contribution in [0.5, 0.6) is 0 Å². The third-order valence-electron chi connectivity index (χ3n) is 20.0. The highest BCUT2D eigenvalue weighted by molar-refractivity contribution is 7.26. The van der Waals surface area contributed by atoms with Gasteiger partial charge in [-0.1, -0.05) is 200 Å². The topological polar surface area (TPSA) is 18.0 Å². The lowest BCUT2D eigenvalue weighted by atomic mass is 9.89. The summed E-state index contributed by atoms with van der Waals surface area (Å²) in [5, 5.41) is 17.6. The molecule has 0 saturated carbocycles. The lowest BCUT2D eigenvalue weighted by Gasteiger charge is -2.26. The quantitative estimate of drug-likeness (QED) is 0.132. The average Bonchev–Trinajstić information content (AvgIpc) is 1.73. The van der Waals surface area contributed by atoms with E-state index in [0.717, 1.165) is 45.2 Å². The van der Waals surface area contributed by atoms with E-state index in [4.69, 9.17) is 0 Å². The van der Waals surface area contributed by atoms with Crippen molar-refractivity contribution in [1.82, 2.24) is 13.7 Å². The number of hydrogen-bond donors (Lipinski definition) is 0. The summed E-state index contributed by atoms with van der Waals surface area (Å²) in [5.74, 6) is 0. The van der Waals surface area contributed by atoms with Crippen LogP contribution in [0.4, 0.5) is 17.1 Å². The Balaban J connectivity index is 0.741. The van der Waals surface area contributed by atoms with Gasteiger partial charge in [-0.2, -0.15) is 0 Å². The predicted octanol–water partition coefficient (Wildman–Crippen LogP) is 25.3. The molecule has 0 atom stereocenters. The van der Waals surface area contributed by atoms with Gasteiger partial charge in [-0.25, -0.2) is 0 Å². The van der Waals surface area contributed by atoms with Gasteiger partial charge in [-0.15, -0.1) is 11.3 Å². The van der Waals surface area contributed by atoms with Gasteiger partial charge in [-0.3, -0.25) is 0 Å². The molecular weight excluding hydrogens is 1170 g/mol. The van der Waals surface area contributed by atoms with Crippen LogP contribution < -0.4 is 4.90 Å². The van der Waals surface area contributed by atoms with Gasteiger partial charge >= 0.3 is 0 Å². The number of anilines is 3. The first-order chi connectivity index (χ1) is 47.1. The molecule has 5 heteroatoms. The van der Waals surface area contributed by atoms with E-state index in [-0.39, 0.29) is 0 Å². The fraction of sp³-hybridized carbons (Fsp3) is 0. The van der Waals surface area contributed by atoms with Gasteiger partial charge in [0.15, 0.2) is 0 Å². The standard InChI is InChI=1S/C90H56N4S/c1-2-21-71-69(19-1)70-20-3-4-22-72(70)81-56-57(39-52-73(71)81)58-53-59(55-60(54-58)68-30-17-31-79-78-27-10-16-38-88(78)95-90(68)79)67-29-18-37-87-89(67)80-28-9-15-36-86(80)94(87)66-50-44-63(45-51-66)91(61-40-46-64(47-41-61)92-82-32-11-5-23-74(82)75-24-6-12-33-83(75)92)62-42-48-65(49-43-62)93-84-34-13-7-25-76(84)77-26-8-14-35-85(77)93/h1-56H. The van der Waals surface area contributed by atoms with E-state index in [2.05, 4.69) is 358 Å². The predicted molar refractivity (Wildman–Crippen MR) is 406 cm³/mol. The van der Waals surface area contributed by atoms with E-state index in [1.165, 1.54) is 140 Å². The third-order valence-corrected chi connectivity index (χ3v) is 21.2. The first-order valence-electron chi connectivity index (χ1n) is 32.6. The molecule has 442 valence electrons. The second-order valence-corrected chi connectivity index (χ2v) is 26.2. The first-order valence-corrected chi connectivity index (χ1v) is 33.4. The fourth-order valence-corrected chi connectivity index (χ4v) is 17.0. The molecule has 16 aromatic carbocycles. The van der Waals surface area contributed by atoms with Gasteiger partial charge in [0.05, 0.1) is 33.1 Å². The van der Waals surface area contributed by atoms with E-state index < -0.39 is 0 Å². The maximum atomic E-state index is 2.46. The van der Waals surface area contributed by atoms with Crippen LogP contribution in [-0.2, 0) is 0 Å². The Morgan fingerprint density at radius 2 is 0.558 bits per heavy atom. The van der Waals surface area contributed by atoms with E-state index in [9.17, 15) is 0 Å². The van der Waals surface area contributed by atoms with Crippen LogP contribution in [0.3, 0.4) is 0 Å². The van der Waals surface area contributed by atoms with Crippen molar-refractivity contribution >= 4 is 146 Å². The Labute approximate surface area is 551 Å². The molecule has 0 bridgehead atoms. The number of aromatic nitrogens is 3. The monoisotopic (exact) mass is 1220 g/mol. The molecule has 0 unspecified atom stereocenters. The van der Waals surface area contributed by atoms with Crippen molar-refractivity contribution in [2.75, 3.05) is 4.90 Å². The van der Waals surface area contributed by atoms with Crippen LogP contribution in [0, 0.1) is 0 Å². The lowest BCUT2D eigenvalue weighted by molar-refractivity contribution is 1.16. The molecule has 4 nitrogen and oxygen atoms in total. The van der Waals surface area contributed by atoms with E-state index >= 15 is 0 Å². The fourth-order valence-electron chi connectivity index (χ4n) is 15.8. The van der Waals surface area contributed by atoms with Crippen molar-refractivity contribution in [2.24, 2.45) is 0 Å². The van der Waals surface area contributed by atoms with Crippen LogP contribution in [0.1, 0.15) is 0 Å². The summed E-state index contributed by atoms with van der Waals surface area (Å²) in [6.45, 7) is 0. The summed E-state index contributed by atoms with van der Waals surface area (Å²) in [7, 11) is 0. The summed E-state index contributed by atoms with van der Waals surface area (Å²) in [6, 6.07) is 126. The minimum absolute atomic E-state index is 1.05. The number of thiophene rings is 1. The van der Waals surface area contributed by atoms with Gasteiger partial charge < -0.3 is 18.6 Å². The lowest BCUT2D eigenvalue weighted by Crippen LogP contribution is -2.10. The van der Waals surface area contributed by atoms with Gasteiger partial charge in [0.1, 0.15) is 0 Å². The van der Waals surface area contributed by atoms with Gasteiger partial charge in [0.25, 0.3) is 0 Å². The van der Waals surface area contributed by atoms with Crippen LogP contribution in [0.2, 0.25) is 0 Å². The minimum atomic E-state index is 1.05. The van der Waals surface area contributed by atoms with E-state index in [1.54, 1.807) is 0 Å². The van der Waals surface area contributed by atoms with Crippen LogP contribution >= 0.6 is 11.3 Å². The summed E-state index contributed by atoms with van der Waals surface area (Å²) in [5.41, 5.74) is 20.7. The number of nitrogens with zero attached hydrogens (tertiary/aromatic N) is 4. The molecule has 95 heavy (non-hydrogen) atoms. The number of fused-ring (bicyclic) bond motifs is 18. The summed E-state index contributed by atoms with van der Waals surface area (Å²) < 4.78 is 9.85. The normalized spacial score (nSPS) is 12.0. The molecule has 0 spiro atoms. The van der Waals surface area contributed by atoms with Crippen molar-refractivity contribution < 1.29 is 0 Å². The molecule has 0 N–H and O–H groups in total. The van der Waals surface area contributed by atoms with E-state index in [0.29, 0.717) is 0 Å². The number of benzene rings is 16. The smallest absolute Gasteiger partial charge is 0.0547 e. The number of rotatable bonds is 9. The van der Waals surface area contributed by atoms with Gasteiger partial charge in [0, 0.05) is 86.6 Å². The molecule has 0 saturated heterocycles. The Bertz CT molecular complexity index is 6220. The molecule has 0 amide bonds. The Kier molecular flexibility index (Phi) is 11.9. The molecule has 0 radical (unpaired) electrons. The molecule has 0 aliphatic heterocycles. The summed E-state index contributed by atoms with van der Waals surface area (Å²) in [6.07, 6.45) is 0. The number of hydrogen-bond acceptors (Lipinski definition) is 2. The van der Waals surface area contributed by atoms with Crippen molar-refractivity contribution in [2.45, 2.75) is 0 Å². The molecule has 0 aliphatic rings. The highest BCUT2D eigenvalue weighted by Gasteiger charge is 2.22. The zero-order valence-electron chi connectivity index (χ0n) is 51.5. The minimum Gasteiger partial charge on any atom is -0.310 e. The molecular formula is C90H56N4S. The Morgan fingerprint density at radius 1 is 0.211 bits per heavy atom. The van der Waals surface area contributed by atoms with E-state index in [1.807, 2.05) is 11.3 Å². The Hall–Kier alpha value is -12.3. The van der Waals surface area contributed by atoms with Crippen LogP contribution in [0.15, 0.2) is 340 Å². The zero-order valence-corrected chi connectivity index (χ0v) is 52.3. The summed E-state index contributed by atoms with van der Waals surface area (Å²) >= 11 is 1.89. The van der Waals surface area contributed by atoms with Gasteiger partial charge in [-0.05, 0) is 205 Å². The molecule has 4 heterocycles. The molecule has 4 aromatic heterocycles. The van der Waals surface area contributed by atoms with Crippen molar-refractivity contribution in [1.29, 1.82) is 0 Å². The maximum absolute atomic E-state index is 2.46. The van der Waals surface area contributed by atoms with Gasteiger partial charge in [0.2, 0.25) is 0 Å². The Morgan fingerprint density at radius 3 is 1.06 bits per heavy atom. The summed E-state index contributed by atoms with van der Waals surface area (Å²) in [4.78, 5) is 2.39.